The summed E-state index contributed by atoms with van der Waals surface area (Å²) in [7, 11) is -3.80. The van der Waals surface area contributed by atoms with Crippen molar-refractivity contribution in [2.45, 2.75) is 11.4 Å². The molecule has 2 rings (SSSR count). The molecule has 0 bridgehead atoms. The second kappa shape index (κ2) is 4.88. The van der Waals surface area contributed by atoms with Crippen molar-refractivity contribution in [3.63, 3.8) is 0 Å². The molecule has 0 atom stereocenters. The van der Waals surface area contributed by atoms with E-state index in [9.17, 15) is 13.2 Å². The molecule has 0 spiro atoms. The van der Waals surface area contributed by atoms with E-state index < -0.39 is 15.6 Å². The fourth-order valence-corrected chi connectivity index (χ4v) is 2.32. The van der Waals surface area contributed by atoms with E-state index in [1.54, 1.807) is 0 Å². The lowest BCUT2D eigenvalue weighted by Crippen LogP contribution is -2.24. The molecule has 0 saturated heterocycles. The summed E-state index contributed by atoms with van der Waals surface area (Å²) >= 11 is 5.54. The Morgan fingerprint density at radius 2 is 2.28 bits per heavy atom. The summed E-state index contributed by atoms with van der Waals surface area (Å²) in [6, 6.07) is 1.05. The summed E-state index contributed by atoms with van der Waals surface area (Å²) in [6.45, 7) is -0.129. The van der Waals surface area contributed by atoms with Gasteiger partial charge in [0, 0.05) is 6.20 Å². The predicted molar refractivity (Wildman–Crippen MR) is 60.4 cm³/mol. The van der Waals surface area contributed by atoms with Crippen molar-refractivity contribution < 1.29 is 12.9 Å². The van der Waals surface area contributed by atoms with Crippen molar-refractivity contribution >= 4 is 21.6 Å². The van der Waals surface area contributed by atoms with Gasteiger partial charge in [0.2, 0.25) is 16.4 Å². The Labute approximate surface area is 106 Å². The average Bonchev–Trinajstić information content (AvgIpc) is 2.83. The van der Waals surface area contributed by atoms with E-state index >= 15 is 0 Å². The number of aromatic nitrogens is 3. The van der Waals surface area contributed by atoms with Crippen LogP contribution in [0.1, 0.15) is 5.82 Å². The lowest BCUT2D eigenvalue weighted by molar-refractivity contribution is 0.409. The second-order valence-electron chi connectivity index (χ2n) is 3.18. The van der Waals surface area contributed by atoms with E-state index in [4.69, 9.17) is 11.6 Å². The fourth-order valence-electron chi connectivity index (χ4n) is 1.11. The van der Waals surface area contributed by atoms with Gasteiger partial charge in [0.25, 0.3) is 5.56 Å². The van der Waals surface area contributed by atoms with E-state index in [1.165, 1.54) is 0 Å². The summed E-state index contributed by atoms with van der Waals surface area (Å²) in [4.78, 5) is 16.7. The van der Waals surface area contributed by atoms with Crippen LogP contribution in [0.3, 0.4) is 0 Å². The zero-order chi connectivity index (χ0) is 13.2. The van der Waals surface area contributed by atoms with Crippen LogP contribution in [-0.4, -0.2) is 23.5 Å². The van der Waals surface area contributed by atoms with Gasteiger partial charge in [0.15, 0.2) is 5.82 Å². The highest BCUT2D eigenvalue weighted by molar-refractivity contribution is 7.89. The molecule has 96 valence electrons. The molecule has 0 radical (unpaired) electrons. The minimum absolute atomic E-state index is 0.129. The van der Waals surface area contributed by atoms with Gasteiger partial charge < -0.3 is 9.51 Å². The van der Waals surface area contributed by atoms with E-state index in [-0.39, 0.29) is 22.3 Å². The molecular weight excluding hydrogens is 284 g/mol. The molecule has 0 fully saturated rings. The third kappa shape index (κ3) is 2.75. The van der Waals surface area contributed by atoms with Crippen LogP contribution in [0, 0.1) is 0 Å². The molecular formula is C8H7ClN4O4S. The first kappa shape index (κ1) is 12.7. The Balaban J connectivity index is 2.20. The van der Waals surface area contributed by atoms with E-state index in [1.807, 2.05) is 0 Å². The van der Waals surface area contributed by atoms with Gasteiger partial charge in [-0.3, -0.25) is 4.79 Å². The highest BCUT2D eigenvalue weighted by Crippen LogP contribution is 2.10. The molecule has 0 unspecified atom stereocenters. The maximum Gasteiger partial charge on any atom is 0.266 e. The van der Waals surface area contributed by atoms with E-state index in [2.05, 4.69) is 24.4 Å². The van der Waals surface area contributed by atoms with Crippen LogP contribution in [0.5, 0.6) is 0 Å². The Morgan fingerprint density at radius 3 is 2.89 bits per heavy atom. The lowest BCUT2D eigenvalue weighted by Gasteiger charge is -2.04. The molecule has 0 aromatic carbocycles. The first-order valence-corrected chi connectivity index (χ1v) is 6.48. The van der Waals surface area contributed by atoms with Gasteiger partial charge in [-0.2, -0.15) is 4.98 Å². The molecule has 0 aliphatic rings. The minimum atomic E-state index is -3.80. The van der Waals surface area contributed by atoms with E-state index in [0.29, 0.717) is 0 Å². The lowest BCUT2D eigenvalue weighted by atomic mass is 10.5. The van der Waals surface area contributed by atoms with Crippen molar-refractivity contribution in [3.8, 4) is 0 Å². The molecule has 2 heterocycles. The van der Waals surface area contributed by atoms with Crippen LogP contribution < -0.4 is 10.3 Å². The van der Waals surface area contributed by atoms with Crippen LogP contribution in [0.15, 0.2) is 32.9 Å². The summed E-state index contributed by atoms with van der Waals surface area (Å²) in [5.74, 6) is 0.189. The third-order valence-electron chi connectivity index (χ3n) is 1.97. The average molecular weight is 291 g/mol. The molecule has 0 amide bonds. The standard InChI is InChI=1S/C8H7ClN4O4S/c9-6-1-5(2-10-8(6)14)18(15,16)12-3-7-11-4-17-13-7/h1-2,4,12H,3H2,(H,10,14). The quantitative estimate of drug-likeness (QED) is 0.811. The summed E-state index contributed by atoms with van der Waals surface area (Å²) < 4.78 is 30.3. The Morgan fingerprint density at radius 1 is 1.50 bits per heavy atom. The summed E-state index contributed by atoms with van der Waals surface area (Å²) in [6.07, 6.45) is 2.13. The maximum absolute atomic E-state index is 11.8. The smallest absolute Gasteiger partial charge is 0.266 e. The van der Waals surface area contributed by atoms with Crippen molar-refractivity contribution in [2.24, 2.45) is 0 Å². The van der Waals surface area contributed by atoms with Crippen LogP contribution >= 0.6 is 11.6 Å². The van der Waals surface area contributed by atoms with Crippen molar-refractivity contribution in [1.82, 2.24) is 19.8 Å². The van der Waals surface area contributed by atoms with Gasteiger partial charge >= 0.3 is 0 Å². The van der Waals surface area contributed by atoms with Crippen molar-refractivity contribution in [3.05, 3.63) is 39.9 Å². The second-order valence-corrected chi connectivity index (χ2v) is 5.36. The SMILES string of the molecule is O=c1[nH]cc(S(=O)(=O)NCc2ncon2)cc1Cl. The molecule has 18 heavy (non-hydrogen) atoms. The number of H-pyrrole nitrogens is 1. The zero-order valence-electron chi connectivity index (χ0n) is 8.75. The van der Waals surface area contributed by atoms with Gasteiger partial charge in [-0.25, -0.2) is 13.1 Å². The summed E-state index contributed by atoms with van der Waals surface area (Å²) in [5, 5.41) is 3.24. The number of nitrogens with zero attached hydrogens (tertiary/aromatic N) is 2. The highest BCUT2D eigenvalue weighted by atomic mass is 35.5. The first-order valence-electron chi connectivity index (χ1n) is 4.62. The number of nitrogens with one attached hydrogen (secondary N) is 2. The number of hydrogen-bond acceptors (Lipinski definition) is 6. The molecule has 0 aliphatic carbocycles. The van der Waals surface area contributed by atoms with Gasteiger partial charge in [-0.1, -0.05) is 16.8 Å². The van der Waals surface area contributed by atoms with Crippen LogP contribution in [0.4, 0.5) is 0 Å². The predicted octanol–water partition coefficient (Wildman–Crippen LogP) is -0.110. The summed E-state index contributed by atoms with van der Waals surface area (Å²) in [5.41, 5.74) is -0.561. The number of aromatic amines is 1. The normalized spacial score (nSPS) is 11.6. The topological polar surface area (TPSA) is 118 Å². The highest BCUT2D eigenvalue weighted by Gasteiger charge is 2.16. The first-order chi connectivity index (χ1) is 8.49. The molecule has 2 aromatic rings. The Kier molecular flexibility index (Phi) is 3.45. The van der Waals surface area contributed by atoms with Gasteiger partial charge in [0.1, 0.15) is 5.02 Å². The molecule has 0 saturated carbocycles. The van der Waals surface area contributed by atoms with Gasteiger partial charge in [-0.05, 0) is 6.07 Å². The van der Waals surface area contributed by atoms with E-state index in [0.717, 1.165) is 18.7 Å². The maximum atomic E-state index is 11.8. The van der Waals surface area contributed by atoms with Crippen LogP contribution in [0.25, 0.3) is 0 Å². The van der Waals surface area contributed by atoms with Crippen molar-refractivity contribution in [1.29, 1.82) is 0 Å². The molecule has 10 heteroatoms. The van der Waals surface area contributed by atoms with Crippen LogP contribution in [0.2, 0.25) is 5.02 Å². The Hall–Kier alpha value is -1.71. The number of pyridine rings is 1. The fraction of sp³-hybridized carbons (Fsp3) is 0.125. The molecule has 0 aliphatic heterocycles. The zero-order valence-corrected chi connectivity index (χ0v) is 10.3. The molecule has 2 aromatic heterocycles. The molecule has 2 N–H and O–H groups in total. The van der Waals surface area contributed by atoms with Crippen molar-refractivity contribution in [2.75, 3.05) is 0 Å². The monoisotopic (exact) mass is 290 g/mol. The molecule has 8 nitrogen and oxygen atoms in total. The van der Waals surface area contributed by atoms with Crippen LogP contribution in [-0.2, 0) is 16.6 Å². The minimum Gasteiger partial charge on any atom is -0.343 e. The van der Waals surface area contributed by atoms with Gasteiger partial charge in [0.05, 0.1) is 11.4 Å². The number of hydrogen-bond donors (Lipinski definition) is 2. The Bertz CT molecular complexity index is 694. The number of rotatable bonds is 4. The number of sulfonamides is 1. The van der Waals surface area contributed by atoms with Gasteiger partial charge in [-0.15, -0.1) is 0 Å². The largest absolute Gasteiger partial charge is 0.343 e. The number of halogens is 1. The third-order valence-corrected chi connectivity index (χ3v) is 3.63.